The molecule has 0 saturated carbocycles. The summed E-state index contributed by atoms with van der Waals surface area (Å²) in [5.74, 6) is 2.09. The van der Waals surface area contributed by atoms with Crippen LogP contribution in [0, 0.1) is 0 Å². The number of pyridine rings is 1. The van der Waals surface area contributed by atoms with Crippen molar-refractivity contribution in [2.24, 2.45) is 4.99 Å². The molecule has 7 rings (SSSR count). The van der Waals surface area contributed by atoms with Gasteiger partial charge in [-0.05, 0) is 151 Å². The summed E-state index contributed by atoms with van der Waals surface area (Å²) in [5.41, 5.74) is 16.9. The number of hydrogen-bond acceptors (Lipinski definition) is 5. The first-order valence-electron chi connectivity index (χ1n) is 18.8. The van der Waals surface area contributed by atoms with Crippen LogP contribution in [0.4, 0.5) is 11.4 Å². The fourth-order valence-corrected chi connectivity index (χ4v) is 10.1. The molecule has 3 aromatic rings. The predicted molar refractivity (Wildman–Crippen MR) is 221 cm³/mol. The lowest BCUT2D eigenvalue weighted by molar-refractivity contribution is -0.692. The van der Waals surface area contributed by atoms with Gasteiger partial charge in [0.05, 0.1) is 5.75 Å². The quantitative estimate of drug-likeness (QED) is 0.0582. The van der Waals surface area contributed by atoms with Gasteiger partial charge in [-0.1, -0.05) is 46.4 Å². The molecular formula is C44H53N4S2+. The molecule has 4 aliphatic rings. The van der Waals surface area contributed by atoms with Crippen molar-refractivity contribution >= 4 is 56.9 Å². The fraction of sp³-hybridized carbons (Fsp3) is 0.409. The molecule has 6 heteroatoms. The highest BCUT2D eigenvalue weighted by atomic mass is 33.1. The first-order valence-corrected chi connectivity index (χ1v) is 21.3. The normalized spacial score (nSPS) is 17.6. The van der Waals surface area contributed by atoms with E-state index in [1.165, 1.54) is 122 Å². The van der Waals surface area contributed by atoms with Gasteiger partial charge >= 0.3 is 0 Å². The topological polar surface area (TPSA) is 22.7 Å². The molecule has 0 N–H and O–H groups in total. The molecular weight excluding hydrogens is 649 g/mol. The average Bonchev–Trinajstić information content (AvgIpc) is 3.13. The molecule has 2 aromatic carbocycles. The maximum absolute atomic E-state index is 4.67. The van der Waals surface area contributed by atoms with Crippen molar-refractivity contribution in [3.8, 4) is 0 Å². The van der Waals surface area contributed by atoms with Crippen LogP contribution in [0.3, 0.4) is 0 Å². The van der Waals surface area contributed by atoms with E-state index in [0.717, 1.165) is 30.2 Å². The Hall–Kier alpha value is -3.48. The van der Waals surface area contributed by atoms with Gasteiger partial charge in [0.15, 0.2) is 18.9 Å². The van der Waals surface area contributed by atoms with Crippen molar-refractivity contribution in [1.82, 2.24) is 0 Å². The second-order valence-electron chi connectivity index (χ2n) is 14.3. The third-order valence-electron chi connectivity index (χ3n) is 10.7. The van der Waals surface area contributed by atoms with Gasteiger partial charge in [-0.3, -0.25) is 4.99 Å². The molecule has 0 radical (unpaired) electrons. The zero-order valence-electron chi connectivity index (χ0n) is 30.1. The van der Waals surface area contributed by atoms with E-state index in [-0.39, 0.29) is 0 Å². The second-order valence-corrected chi connectivity index (χ2v) is 17.0. The first kappa shape index (κ1) is 34.9. The lowest BCUT2D eigenvalue weighted by atomic mass is 9.89. The number of benzene rings is 2. The van der Waals surface area contributed by atoms with Crippen LogP contribution in [0.2, 0.25) is 0 Å². The summed E-state index contributed by atoms with van der Waals surface area (Å²) >= 11 is 0. The first-order chi connectivity index (χ1) is 24.6. The van der Waals surface area contributed by atoms with Crippen LogP contribution < -0.4 is 14.4 Å². The molecule has 0 fully saturated rings. The number of rotatable bonds is 13. The van der Waals surface area contributed by atoms with Crippen LogP contribution in [0.1, 0.15) is 78.5 Å². The second kappa shape index (κ2) is 16.7. The van der Waals surface area contributed by atoms with E-state index < -0.39 is 0 Å². The number of aryl methyl sites for hydroxylation is 5. The minimum atomic E-state index is 0.823. The molecule has 260 valence electrons. The minimum absolute atomic E-state index is 0.823. The lowest BCUT2D eigenvalue weighted by Crippen LogP contribution is -2.34. The summed E-state index contributed by atoms with van der Waals surface area (Å²) in [6.45, 7) is 15.2. The summed E-state index contributed by atoms with van der Waals surface area (Å²) in [6, 6.07) is 14.2. The van der Waals surface area contributed by atoms with Crippen molar-refractivity contribution in [3.05, 3.63) is 118 Å². The van der Waals surface area contributed by atoms with Crippen LogP contribution in [-0.4, -0.2) is 50.4 Å². The van der Waals surface area contributed by atoms with Crippen LogP contribution in [0.15, 0.2) is 83.7 Å². The van der Waals surface area contributed by atoms with Gasteiger partial charge in [-0.15, -0.1) is 0 Å². The van der Waals surface area contributed by atoms with Crippen molar-refractivity contribution in [2.75, 3.05) is 54.0 Å². The van der Waals surface area contributed by atoms with Gasteiger partial charge in [0.2, 0.25) is 0 Å². The maximum atomic E-state index is 4.67. The van der Waals surface area contributed by atoms with Gasteiger partial charge in [0.25, 0.3) is 0 Å². The van der Waals surface area contributed by atoms with Crippen LogP contribution >= 0.6 is 21.6 Å². The monoisotopic (exact) mass is 701 g/mol. The number of hydrogen-bond donors (Lipinski definition) is 0. The maximum Gasteiger partial charge on any atom is 0.169 e. The molecule has 0 amide bonds. The Morgan fingerprint density at radius 1 is 0.760 bits per heavy atom. The smallest absolute Gasteiger partial charge is 0.169 e. The fourth-order valence-electron chi connectivity index (χ4n) is 8.28. The van der Waals surface area contributed by atoms with Crippen molar-refractivity contribution in [3.63, 3.8) is 0 Å². The van der Waals surface area contributed by atoms with Gasteiger partial charge in [0.1, 0.15) is 0 Å². The predicted octanol–water partition coefficient (Wildman–Crippen LogP) is 9.60. The Kier molecular flexibility index (Phi) is 11.7. The summed E-state index contributed by atoms with van der Waals surface area (Å²) in [5, 5.41) is 0. The molecule has 50 heavy (non-hydrogen) atoms. The Labute approximate surface area is 308 Å². The van der Waals surface area contributed by atoms with Crippen molar-refractivity contribution in [1.29, 1.82) is 0 Å². The Balaban J connectivity index is 0.841. The van der Waals surface area contributed by atoms with E-state index in [0.29, 0.717) is 0 Å². The summed E-state index contributed by atoms with van der Waals surface area (Å²) in [6.07, 6.45) is 25.1. The standard InChI is InChI=1S/C44H53N4S2/c1-4-37(33(2)27-35-29-39-9-5-18-47-19-6-10-40(30-35)43(39)47)13-16-45-17-25-49-50-26-24-46-22-14-38(15-23-46)34(3)28-36-31-41-11-7-20-48-21-8-12-42(32-36)44(41)48/h4,13-16,22-23,27-32H,1,5-12,17-21,24-26H2,2-3H3/q+1/b33-27+,37-13+,45-16?. The molecule has 0 bridgehead atoms. The highest BCUT2D eigenvalue weighted by Gasteiger charge is 2.25. The summed E-state index contributed by atoms with van der Waals surface area (Å²) in [4.78, 5) is 9.90. The highest BCUT2D eigenvalue weighted by Crippen LogP contribution is 2.38. The van der Waals surface area contributed by atoms with E-state index >= 15 is 0 Å². The van der Waals surface area contributed by atoms with E-state index in [1.807, 2.05) is 33.9 Å². The minimum Gasteiger partial charge on any atom is -0.371 e. The van der Waals surface area contributed by atoms with E-state index in [4.69, 9.17) is 0 Å². The van der Waals surface area contributed by atoms with E-state index in [2.05, 4.69) is 107 Å². The van der Waals surface area contributed by atoms with Crippen molar-refractivity contribution in [2.45, 2.75) is 71.8 Å². The lowest BCUT2D eigenvalue weighted by Gasteiger charge is -2.37. The number of anilines is 2. The molecule has 0 spiro atoms. The number of aromatic nitrogens is 1. The third kappa shape index (κ3) is 8.35. The highest BCUT2D eigenvalue weighted by molar-refractivity contribution is 8.76. The van der Waals surface area contributed by atoms with Crippen molar-refractivity contribution < 1.29 is 4.57 Å². The average molecular weight is 702 g/mol. The Morgan fingerprint density at radius 3 is 1.82 bits per heavy atom. The molecule has 1 aromatic heterocycles. The molecule has 5 heterocycles. The molecule has 4 aliphatic heterocycles. The molecule has 4 nitrogen and oxygen atoms in total. The molecule has 0 saturated heterocycles. The Bertz CT molecular complexity index is 1750. The zero-order chi connectivity index (χ0) is 34.3. The van der Waals surface area contributed by atoms with E-state index in [1.54, 1.807) is 16.8 Å². The van der Waals surface area contributed by atoms with Crippen LogP contribution in [0.25, 0.3) is 17.7 Å². The van der Waals surface area contributed by atoms with Crippen LogP contribution in [0.5, 0.6) is 0 Å². The zero-order valence-corrected chi connectivity index (χ0v) is 31.8. The number of aliphatic imine (C=N–C) groups is 1. The van der Waals surface area contributed by atoms with Gasteiger partial charge in [-0.2, -0.15) is 0 Å². The number of allylic oxidation sites excluding steroid dienone is 5. The SMILES string of the molecule is C=CC(=C\C=NCCSSCC[n+]1ccc(/C(C)=C/c2cc3c4c(c2)CCCN4CCC3)cc1)/C(C)=C/c1cc2c3c(c1)CCCN3CCC2. The molecule has 0 atom stereocenters. The third-order valence-corrected chi connectivity index (χ3v) is 13.0. The van der Waals surface area contributed by atoms with E-state index in [9.17, 15) is 0 Å². The van der Waals surface area contributed by atoms with Gasteiger partial charge < -0.3 is 9.80 Å². The van der Waals surface area contributed by atoms with Crippen LogP contribution in [-0.2, 0) is 32.2 Å². The Morgan fingerprint density at radius 2 is 1.28 bits per heavy atom. The largest absolute Gasteiger partial charge is 0.371 e. The summed E-state index contributed by atoms with van der Waals surface area (Å²) < 4.78 is 2.30. The molecule has 0 unspecified atom stereocenters. The van der Waals surface area contributed by atoms with Gasteiger partial charge in [0, 0.05) is 68.2 Å². The van der Waals surface area contributed by atoms with Gasteiger partial charge in [-0.25, -0.2) is 4.57 Å². The summed E-state index contributed by atoms with van der Waals surface area (Å²) in [7, 11) is 3.85. The number of nitrogens with zero attached hydrogens (tertiary/aromatic N) is 4. The molecule has 0 aliphatic carbocycles.